The predicted molar refractivity (Wildman–Crippen MR) is 114 cm³/mol. The number of hydrogen-bond acceptors (Lipinski definition) is 4. The van der Waals surface area contributed by atoms with Gasteiger partial charge in [0.1, 0.15) is 5.75 Å². The van der Waals surface area contributed by atoms with E-state index < -0.39 is 0 Å². The third kappa shape index (κ3) is 6.26. The number of piperidine rings is 1. The number of guanidine groups is 1. The van der Waals surface area contributed by atoms with Gasteiger partial charge in [-0.15, -0.1) is 0 Å². The smallest absolute Gasteiger partial charge is 0.191 e. The van der Waals surface area contributed by atoms with Crippen LogP contribution in [0.2, 0.25) is 5.02 Å². The van der Waals surface area contributed by atoms with Gasteiger partial charge in [-0.25, -0.2) is 4.99 Å². The lowest BCUT2D eigenvalue weighted by molar-refractivity contribution is 0.150. The number of halogens is 1. The molecule has 1 aromatic carbocycles. The Bertz CT molecular complexity index is 641. The maximum Gasteiger partial charge on any atom is 0.191 e. The molecule has 0 aliphatic carbocycles. The highest BCUT2D eigenvalue weighted by Crippen LogP contribution is 2.24. The topological polar surface area (TPSA) is 58.1 Å². The first kappa shape index (κ1) is 21.2. The first-order valence-electron chi connectivity index (χ1n) is 10.3. The van der Waals surface area contributed by atoms with Gasteiger partial charge in [-0.05, 0) is 44.2 Å². The number of methoxy groups -OCH3 is 1. The summed E-state index contributed by atoms with van der Waals surface area (Å²) >= 11 is 6.05. The zero-order valence-corrected chi connectivity index (χ0v) is 17.8. The largest absolute Gasteiger partial charge is 0.496 e. The van der Waals surface area contributed by atoms with Crippen LogP contribution in [0.3, 0.4) is 0 Å². The minimum Gasteiger partial charge on any atom is -0.496 e. The first-order valence-corrected chi connectivity index (χ1v) is 10.7. The molecule has 2 heterocycles. The van der Waals surface area contributed by atoms with Crippen molar-refractivity contribution in [3.63, 3.8) is 0 Å². The van der Waals surface area contributed by atoms with E-state index in [2.05, 4.69) is 22.5 Å². The summed E-state index contributed by atoms with van der Waals surface area (Å²) in [5.74, 6) is 2.36. The van der Waals surface area contributed by atoms with E-state index in [1.807, 2.05) is 18.2 Å². The molecule has 0 saturated carbocycles. The van der Waals surface area contributed by atoms with Crippen LogP contribution in [0.15, 0.2) is 23.2 Å². The maximum atomic E-state index is 6.05. The van der Waals surface area contributed by atoms with Gasteiger partial charge in [0.25, 0.3) is 0 Å². The molecule has 2 saturated heterocycles. The summed E-state index contributed by atoms with van der Waals surface area (Å²) in [4.78, 5) is 7.34. The number of nitrogens with one attached hydrogen (secondary N) is 2. The molecule has 7 heteroatoms. The maximum absolute atomic E-state index is 6.05. The van der Waals surface area contributed by atoms with E-state index in [1.165, 1.54) is 13.0 Å². The molecule has 0 spiro atoms. The molecule has 2 N–H and O–H groups in total. The number of aliphatic imine (C=N–C) groups is 1. The van der Waals surface area contributed by atoms with Crippen LogP contribution < -0.4 is 15.4 Å². The Labute approximate surface area is 173 Å². The van der Waals surface area contributed by atoms with Gasteiger partial charge in [0, 0.05) is 49.4 Å². The Morgan fingerprint density at radius 1 is 1.32 bits per heavy atom. The highest BCUT2D eigenvalue weighted by Gasteiger charge is 2.24. The molecule has 2 fully saturated rings. The van der Waals surface area contributed by atoms with Crippen LogP contribution >= 0.6 is 11.6 Å². The molecular formula is C21H33ClN4O2. The molecule has 0 bridgehead atoms. The lowest BCUT2D eigenvalue weighted by Gasteiger charge is -2.34. The van der Waals surface area contributed by atoms with Crippen LogP contribution in [0, 0.1) is 5.92 Å². The SMILES string of the molecule is CCNC(=NCc1ccc(Cl)cc1OC)NC1CCN(CC2CCOC2)CC1. The third-order valence-corrected chi connectivity index (χ3v) is 5.70. The number of likely N-dealkylation sites (tertiary alicyclic amines) is 1. The standard InChI is InChI=1S/C21H33ClN4O2/c1-3-23-21(24-13-17-4-5-18(22)12-20(17)27-2)25-19-6-9-26(10-7-19)14-16-8-11-28-15-16/h4-5,12,16,19H,3,6-11,13-15H2,1-2H3,(H2,23,24,25). The predicted octanol–water partition coefficient (Wildman–Crippen LogP) is 2.90. The van der Waals surface area contributed by atoms with Gasteiger partial charge in [0.15, 0.2) is 5.96 Å². The average Bonchev–Trinajstić information content (AvgIpc) is 3.21. The van der Waals surface area contributed by atoms with Crippen molar-refractivity contribution >= 4 is 17.6 Å². The molecule has 28 heavy (non-hydrogen) atoms. The van der Waals surface area contributed by atoms with E-state index >= 15 is 0 Å². The van der Waals surface area contributed by atoms with Gasteiger partial charge in [-0.3, -0.25) is 0 Å². The van der Waals surface area contributed by atoms with Crippen molar-refractivity contribution in [2.75, 3.05) is 46.5 Å². The molecule has 1 aromatic rings. The number of hydrogen-bond donors (Lipinski definition) is 2. The molecule has 1 atom stereocenters. The Hall–Kier alpha value is -1.50. The lowest BCUT2D eigenvalue weighted by Crippen LogP contribution is -2.49. The van der Waals surface area contributed by atoms with Gasteiger partial charge >= 0.3 is 0 Å². The molecule has 6 nitrogen and oxygen atoms in total. The van der Waals surface area contributed by atoms with Crippen LogP contribution in [-0.4, -0.2) is 63.4 Å². The van der Waals surface area contributed by atoms with Crippen LogP contribution in [-0.2, 0) is 11.3 Å². The van der Waals surface area contributed by atoms with Crippen molar-refractivity contribution in [3.05, 3.63) is 28.8 Å². The minimum absolute atomic E-state index is 0.459. The van der Waals surface area contributed by atoms with E-state index in [4.69, 9.17) is 26.1 Å². The summed E-state index contributed by atoms with van der Waals surface area (Å²) < 4.78 is 10.9. The van der Waals surface area contributed by atoms with Crippen molar-refractivity contribution in [1.29, 1.82) is 0 Å². The summed E-state index contributed by atoms with van der Waals surface area (Å²) in [6.07, 6.45) is 3.49. The summed E-state index contributed by atoms with van der Waals surface area (Å²) in [6, 6.07) is 6.14. The Balaban J connectivity index is 1.51. The van der Waals surface area contributed by atoms with Crippen LogP contribution in [0.1, 0.15) is 31.7 Å². The van der Waals surface area contributed by atoms with Crippen molar-refractivity contribution in [2.45, 2.75) is 38.8 Å². The molecule has 3 rings (SSSR count). The van der Waals surface area contributed by atoms with Gasteiger partial charge in [0.2, 0.25) is 0 Å². The molecule has 2 aliphatic rings. The van der Waals surface area contributed by atoms with E-state index in [0.717, 1.165) is 68.9 Å². The van der Waals surface area contributed by atoms with Crippen molar-refractivity contribution < 1.29 is 9.47 Å². The monoisotopic (exact) mass is 408 g/mol. The second-order valence-corrected chi connectivity index (χ2v) is 8.04. The molecule has 0 aromatic heterocycles. The van der Waals surface area contributed by atoms with E-state index in [9.17, 15) is 0 Å². The Morgan fingerprint density at radius 3 is 2.82 bits per heavy atom. The molecule has 156 valence electrons. The fourth-order valence-corrected chi connectivity index (χ4v) is 4.04. The summed E-state index contributed by atoms with van der Waals surface area (Å²) in [5.41, 5.74) is 1.03. The fourth-order valence-electron chi connectivity index (χ4n) is 3.88. The summed E-state index contributed by atoms with van der Waals surface area (Å²) in [6.45, 7) is 8.80. The highest BCUT2D eigenvalue weighted by atomic mass is 35.5. The Morgan fingerprint density at radius 2 is 2.14 bits per heavy atom. The van der Waals surface area contributed by atoms with E-state index in [1.54, 1.807) is 7.11 Å². The van der Waals surface area contributed by atoms with Crippen molar-refractivity contribution in [3.8, 4) is 5.75 Å². The molecule has 0 amide bonds. The van der Waals surface area contributed by atoms with Gasteiger partial charge in [-0.2, -0.15) is 0 Å². The van der Waals surface area contributed by atoms with Crippen molar-refractivity contribution in [1.82, 2.24) is 15.5 Å². The molecule has 2 aliphatic heterocycles. The second-order valence-electron chi connectivity index (χ2n) is 7.60. The summed E-state index contributed by atoms with van der Waals surface area (Å²) in [7, 11) is 1.66. The fraction of sp³-hybridized carbons (Fsp3) is 0.667. The second kappa shape index (κ2) is 10.9. The number of ether oxygens (including phenoxy) is 2. The van der Waals surface area contributed by atoms with Crippen LogP contribution in [0.25, 0.3) is 0 Å². The van der Waals surface area contributed by atoms with Gasteiger partial charge in [-0.1, -0.05) is 17.7 Å². The van der Waals surface area contributed by atoms with E-state index in [0.29, 0.717) is 17.6 Å². The van der Waals surface area contributed by atoms with Gasteiger partial charge in [0.05, 0.1) is 20.3 Å². The molecule has 0 radical (unpaired) electrons. The summed E-state index contributed by atoms with van der Waals surface area (Å²) in [5, 5.41) is 7.64. The quantitative estimate of drug-likeness (QED) is 0.536. The normalized spacial score (nSPS) is 21.7. The van der Waals surface area contributed by atoms with E-state index in [-0.39, 0.29) is 0 Å². The number of rotatable bonds is 7. The van der Waals surface area contributed by atoms with Crippen molar-refractivity contribution in [2.24, 2.45) is 10.9 Å². The third-order valence-electron chi connectivity index (χ3n) is 5.47. The van der Waals surface area contributed by atoms with Crippen LogP contribution in [0.5, 0.6) is 5.75 Å². The Kier molecular flexibility index (Phi) is 8.25. The number of benzene rings is 1. The molecular weight excluding hydrogens is 376 g/mol. The highest BCUT2D eigenvalue weighted by molar-refractivity contribution is 6.30. The zero-order chi connectivity index (χ0) is 19.8. The first-order chi connectivity index (χ1) is 13.7. The molecule has 1 unspecified atom stereocenters. The zero-order valence-electron chi connectivity index (χ0n) is 17.0. The van der Waals surface area contributed by atoms with Gasteiger partial charge < -0.3 is 25.0 Å². The van der Waals surface area contributed by atoms with Crippen LogP contribution in [0.4, 0.5) is 0 Å². The lowest BCUT2D eigenvalue weighted by atomic mass is 10.0. The minimum atomic E-state index is 0.459. The number of nitrogens with zero attached hydrogens (tertiary/aromatic N) is 2. The average molecular weight is 409 g/mol.